The summed E-state index contributed by atoms with van der Waals surface area (Å²) in [5, 5.41) is 14.3. The Morgan fingerprint density at radius 3 is 2.45 bits per heavy atom. The van der Waals surface area contributed by atoms with Crippen LogP contribution >= 0.6 is 11.8 Å². The number of urea groups is 1. The fourth-order valence-electron chi connectivity index (χ4n) is 1.76. The number of carboxylic acids is 1. The fraction of sp³-hybridized carbons (Fsp3) is 0.857. The summed E-state index contributed by atoms with van der Waals surface area (Å²) in [5.41, 5.74) is -0.0716. The molecule has 0 aliphatic heterocycles. The van der Waals surface area contributed by atoms with Gasteiger partial charge >= 0.3 is 12.0 Å². The van der Waals surface area contributed by atoms with Crippen molar-refractivity contribution in [3.8, 4) is 0 Å². The van der Waals surface area contributed by atoms with Crippen molar-refractivity contribution >= 4 is 23.8 Å². The van der Waals surface area contributed by atoms with E-state index >= 15 is 0 Å². The predicted octanol–water partition coefficient (Wildman–Crippen LogP) is 2.57. The third-order valence-electron chi connectivity index (χ3n) is 3.17. The summed E-state index contributed by atoms with van der Waals surface area (Å²) in [7, 11) is 0. The minimum Gasteiger partial charge on any atom is -0.481 e. The normalized spacial score (nSPS) is 12.8. The highest BCUT2D eigenvalue weighted by molar-refractivity contribution is 7.98. The maximum Gasteiger partial charge on any atom is 0.314 e. The molecule has 0 spiro atoms. The summed E-state index contributed by atoms with van der Waals surface area (Å²) in [6, 6.07) is -0.146. The number of carbonyl (C=O) groups excluding carboxylic acids is 1. The molecular formula is C14H28N2O3S. The van der Waals surface area contributed by atoms with E-state index in [1.807, 2.05) is 13.8 Å². The van der Waals surface area contributed by atoms with Gasteiger partial charge in [0, 0.05) is 19.5 Å². The molecule has 1 unspecified atom stereocenters. The molecule has 0 heterocycles. The van der Waals surface area contributed by atoms with E-state index < -0.39 is 5.97 Å². The molecule has 3 N–H and O–H groups in total. The molecule has 0 aliphatic carbocycles. The quantitative estimate of drug-likeness (QED) is 0.579. The highest BCUT2D eigenvalue weighted by atomic mass is 32.2. The van der Waals surface area contributed by atoms with Crippen LogP contribution in [-0.4, -0.2) is 42.2 Å². The Balaban J connectivity index is 3.76. The monoisotopic (exact) mass is 304 g/mol. The Labute approximate surface area is 126 Å². The van der Waals surface area contributed by atoms with Gasteiger partial charge < -0.3 is 15.7 Å². The number of thioether (sulfide) groups is 1. The number of nitrogens with one attached hydrogen (secondary N) is 2. The van der Waals surface area contributed by atoms with Crippen molar-refractivity contribution in [2.45, 2.75) is 40.0 Å². The number of hydrogen-bond acceptors (Lipinski definition) is 3. The lowest BCUT2D eigenvalue weighted by atomic mass is 9.84. The molecule has 0 aromatic carbocycles. The summed E-state index contributed by atoms with van der Waals surface area (Å²) < 4.78 is 0. The van der Waals surface area contributed by atoms with Crippen molar-refractivity contribution in [1.82, 2.24) is 10.6 Å². The molecule has 0 bridgehead atoms. The molecule has 0 aliphatic rings. The highest BCUT2D eigenvalue weighted by Crippen LogP contribution is 2.25. The maximum atomic E-state index is 11.6. The number of carbonyl (C=O) groups is 2. The van der Waals surface area contributed by atoms with Gasteiger partial charge in [-0.1, -0.05) is 20.8 Å². The number of aliphatic carboxylic acids is 1. The van der Waals surface area contributed by atoms with Crippen LogP contribution in [0.15, 0.2) is 0 Å². The van der Waals surface area contributed by atoms with Gasteiger partial charge in [0.05, 0.1) is 0 Å². The molecule has 0 saturated heterocycles. The zero-order valence-corrected chi connectivity index (χ0v) is 13.8. The fourth-order valence-corrected chi connectivity index (χ4v) is 2.44. The Bertz CT molecular complexity index is 309. The van der Waals surface area contributed by atoms with Gasteiger partial charge in [-0.25, -0.2) is 4.79 Å². The molecule has 2 amide bonds. The minimum absolute atomic E-state index is 0.0716. The first-order valence-electron chi connectivity index (χ1n) is 6.99. The van der Waals surface area contributed by atoms with E-state index in [9.17, 15) is 9.59 Å². The van der Waals surface area contributed by atoms with Crippen LogP contribution in [-0.2, 0) is 4.79 Å². The third kappa shape index (κ3) is 11.0. The summed E-state index contributed by atoms with van der Waals surface area (Å²) in [4.78, 5) is 22.1. The summed E-state index contributed by atoms with van der Waals surface area (Å²) in [6.07, 6.45) is 3.62. The number of rotatable bonds is 10. The van der Waals surface area contributed by atoms with E-state index in [0.717, 1.165) is 12.2 Å². The third-order valence-corrected chi connectivity index (χ3v) is 4.07. The second kappa shape index (κ2) is 9.91. The molecule has 118 valence electrons. The zero-order chi connectivity index (χ0) is 15.6. The first kappa shape index (κ1) is 19.1. The minimum atomic E-state index is -0.772. The molecule has 0 saturated carbocycles. The lowest BCUT2D eigenvalue weighted by Crippen LogP contribution is -2.39. The number of hydrogen-bond donors (Lipinski definition) is 3. The smallest absolute Gasteiger partial charge is 0.314 e. The number of amides is 2. The van der Waals surface area contributed by atoms with Gasteiger partial charge in [0.25, 0.3) is 0 Å². The molecule has 0 aromatic rings. The van der Waals surface area contributed by atoms with Gasteiger partial charge in [-0.15, -0.1) is 0 Å². The Kier molecular flexibility index (Phi) is 9.46. The van der Waals surface area contributed by atoms with Crippen molar-refractivity contribution in [3.05, 3.63) is 0 Å². The molecule has 0 aromatic heterocycles. The maximum absolute atomic E-state index is 11.6. The van der Waals surface area contributed by atoms with Gasteiger partial charge in [0.1, 0.15) is 0 Å². The Hall–Kier alpha value is -0.910. The van der Waals surface area contributed by atoms with E-state index in [0.29, 0.717) is 25.4 Å². The molecule has 0 radical (unpaired) electrons. The first-order valence-corrected chi connectivity index (χ1v) is 8.38. The summed E-state index contributed by atoms with van der Waals surface area (Å²) in [6.45, 7) is 7.39. The Morgan fingerprint density at radius 1 is 1.25 bits per heavy atom. The van der Waals surface area contributed by atoms with Crippen molar-refractivity contribution in [3.63, 3.8) is 0 Å². The van der Waals surface area contributed by atoms with E-state index in [1.54, 1.807) is 11.8 Å². The molecule has 0 rings (SSSR count). The SMILES string of the molecule is CSCC(C)CNC(=O)NCCC(C)(C)CCC(=O)O. The van der Waals surface area contributed by atoms with Crippen molar-refractivity contribution in [2.75, 3.05) is 25.1 Å². The summed E-state index contributed by atoms with van der Waals surface area (Å²) in [5.74, 6) is 0.719. The van der Waals surface area contributed by atoms with E-state index in [4.69, 9.17) is 5.11 Å². The molecule has 6 heteroatoms. The molecule has 5 nitrogen and oxygen atoms in total. The summed E-state index contributed by atoms with van der Waals surface area (Å²) >= 11 is 1.77. The van der Waals surface area contributed by atoms with Crippen LogP contribution in [0.3, 0.4) is 0 Å². The van der Waals surface area contributed by atoms with E-state index in [2.05, 4.69) is 23.8 Å². The predicted molar refractivity (Wildman–Crippen MR) is 84.2 cm³/mol. The van der Waals surface area contributed by atoms with Crippen LogP contribution in [0.2, 0.25) is 0 Å². The standard InChI is InChI=1S/C14H28N2O3S/c1-11(10-20-4)9-16-13(19)15-8-7-14(2,3)6-5-12(17)18/h11H,5-10H2,1-4H3,(H,17,18)(H2,15,16,19). The van der Waals surface area contributed by atoms with Gasteiger partial charge in [-0.05, 0) is 36.2 Å². The van der Waals surface area contributed by atoms with Crippen LogP contribution in [0.1, 0.15) is 40.0 Å². The molecule has 0 fully saturated rings. The lowest BCUT2D eigenvalue weighted by molar-refractivity contribution is -0.137. The van der Waals surface area contributed by atoms with Crippen LogP contribution in [0.5, 0.6) is 0 Å². The molecule has 20 heavy (non-hydrogen) atoms. The van der Waals surface area contributed by atoms with E-state index in [1.165, 1.54) is 0 Å². The van der Waals surface area contributed by atoms with Crippen LogP contribution in [0.25, 0.3) is 0 Å². The van der Waals surface area contributed by atoms with Crippen LogP contribution in [0.4, 0.5) is 4.79 Å². The van der Waals surface area contributed by atoms with Gasteiger partial charge in [0.15, 0.2) is 0 Å². The van der Waals surface area contributed by atoms with Crippen molar-refractivity contribution < 1.29 is 14.7 Å². The number of carboxylic acid groups (broad SMARTS) is 1. The topological polar surface area (TPSA) is 78.4 Å². The molecular weight excluding hydrogens is 276 g/mol. The highest BCUT2D eigenvalue weighted by Gasteiger charge is 2.19. The van der Waals surface area contributed by atoms with Gasteiger partial charge in [-0.3, -0.25) is 4.79 Å². The van der Waals surface area contributed by atoms with Gasteiger partial charge in [0.2, 0.25) is 0 Å². The second-order valence-electron chi connectivity index (χ2n) is 6.01. The molecule has 1 atom stereocenters. The Morgan fingerprint density at radius 2 is 1.90 bits per heavy atom. The van der Waals surface area contributed by atoms with E-state index in [-0.39, 0.29) is 17.9 Å². The first-order chi connectivity index (χ1) is 9.26. The van der Waals surface area contributed by atoms with Crippen molar-refractivity contribution in [2.24, 2.45) is 11.3 Å². The van der Waals surface area contributed by atoms with Crippen molar-refractivity contribution in [1.29, 1.82) is 0 Å². The van der Waals surface area contributed by atoms with Crippen LogP contribution in [0, 0.1) is 11.3 Å². The van der Waals surface area contributed by atoms with Gasteiger partial charge in [-0.2, -0.15) is 11.8 Å². The zero-order valence-electron chi connectivity index (χ0n) is 13.0. The average molecular weight is 304 g/mol. The largest absolute Gasteiger partial charge is 0.481 e. The second-order valence-corrected chi connectivity index (χ2v) is 6.92. The lowest BCUT2D eigenvalue weighted by Gasteiger charge is -2.24. The van der Waals surface area contributed by atoms with Crippen LogP contribution < -0.4 is 10.6 Å². The average Bonchev–Trinajstić information content (AvgIpc) is 2.34.